The number of unbranched alkanes of at least 4 members (excludes halogenated alkanes) is 5. The molecule has 0 fully saturated rings. The number of carboxylic acids is 1. The molecule has 0 aliphatic carbocycles. The zero-order valence-corrected chi connectivity index (χ0v) is 17.0. The van der Waals surface area contributed by atoms with Gasteiger partial charge in [-0.25, -0.2) is 0 Å². The number of benzene rings is 2. The van der Waals surface area contributed by atoms with Crippen LogP contribution in [-0.2, 0) is 17.6 Å². The summed E-state index contributed by atoms with van der Waals surface area (Å²) in [5.74, 6) is -0.699. The SMILES string of the molecule is CCCCCCCc1ccc(C(=O)c2ccc(CCCCC(=O)O)cc2)cc1. The third-order valence-electron chi connectivity index (χ3n) is 5.11. The van der Waals surface area contributed by atoms with Gasteiger partial charge in [0.15, 0.2) is 5.78 Å². The summed E-state index contributed by atoms with van der Waals surface area (Å²) in [4.78, 5) is 23.2. The molecule has 0 saturated heterocycles. The van der Waals surface area contributed by atoms with Crippen LogP contribution in [-0.4, -0.2) is 16.9 Å². The number of carboxylic acid groups (broad SMARTS) is 1. The minimum Gasteiger partial charge on any atom is -0.481 e. The maximum atomic E-state index is 12.7. The van der Waals surface area contributed by atoms with Gasteiger partial charge in [0.1, 0.15) is 0 Å². The van der Waals surface area contributed by atoms with Crippen molar-refractivity contribution in [3.05, 3.63) is 70.8 Å². The molecule has 0 atom stereocenters. The van der Waals surface area contributed by atoms with Crippen molar-refractivity contribution in [2.75, 3.05) is 0 Å². The molecule has 0 spiro atoms. The maximum absolute atomic E-state index is 12.7. The largest absolute Gasteiger partial charge is 0.481 e. The maximum Gasteiger partial charge on any atom is 0.303 e. The Kier molecular flexibility index (Phi) is 9.47. The molecule has 0 aliphatic heterocycles. The fraction of sp³-hybridized carbons (Fsp3) is 0.440. The molecule has 0 amide bonds. The van der Waals surface area contributed by atoms with Crippen molar-refractivity contribution >= 4 is 11.8 Å². The Morgan fingerprint density at radius 2 is 1.14 bits per heavy atom. The van der Waals surface area contributed by atoms with Crippen molar-refractivity contribution in [2.24, 2.45) is 0 Å². The van der Waals surface area contributed by atoms with Gasteiger partial charge in [-0.2, -0.15) is 0 Å². The van der Waals surface area contributed by atoms with Crippen LogP contribution in [0.15, 0.2) is 48.5 Å². The molecule has 150 valence electrons. The van der Waals surface area contributed by atoms with Crippen LogP contribution in [0, 0.1) is 0 Å². The number of aryl methyl sites for hydroxylation is 2. The van der Waals surface area contributed by atoms with E-state index >= 15 is 0 Å². The van der Waals surface area contributed by atoms with E-state index in [-0.39, 0.29) is 12.2 Å². The molecule has 3 nitrogen and oxygen atoms in total. The van der Waals surface area contributed by atoms with Crippen LogP contribution >= 0.6 is 0 Å². The lowest BCUT2D eigenvalue weighted by molar-refractivity contribution is -0.137. The van der Waals surface area contributed by atoms with Crippen molar-refractivity contribution in [3.8, 4) is 0 Å². The Morgan fingerprint density at radius 3 is 1.61 bits per heavy atom. The second kappa shape index (κ2) is 12.1. The van der Waals surface area contributed by atoms with Gasteiger partial charge in [0, 0.05) is 17.5 Å². The van der Waals surface area contributed by atoms with Gasteiger partial charge in [-0.1, -0.05) is 81.1 Å². The second-order valence-corrected chi connectivity index (χ2v) is 7.49. The summed E-state index contributed by atoms with van der Waals surface area (Å²) < 4.78 is 0. The highest BCUT2D eigenvalue weighted by atomic mass is 16.4. The summed E-state index contributed by atoms with van der Waals surface area (Å²) in [7, 11) is 0. The number of carbonyl (C=O) groups excluding carboxylic acids is 1. The molecule has 28 heavy (non-hydrogen) atoms. The second-order valence-electron chi connectivity index (χ2n) is 7.49. The summed E-state index contributed by atoms with van der Waals surface area (Å²) in [5, 5.41) is 8.67. The molecule has 0 aliphatic rings. The van der Waals surface area contributed by atoms with Crippen molar-refractivity contribution in [1.29, 1.82) is 0 Å². The van der Waals surface area contributed by atoms with Crippen molar-refractivity contribution < 1.29 is 14.7 Å². The van der Waals surface area contributed by atoms with Gasteiger partial charge in [-0.15, -0.1) is 0 Å². The van der Waals surface area contributed by atoms with Crippen LogP contribution in [0.2, 0.25) is 0 Å². The Morgan fingerprint density at radius 1 is 0.679 bits per heavy atom. The van der Waals surface area contributed by atoms with Crippen LogP contribution in [0.3, 0.4) is 0 Å². The smallest absolute Gasteiger partial charge is 0.303 e. The van der Waals surface area contributed by atoms with E-state index in [1.54, 1.807) is 0 Å². The molecule has 0 unspecified atom stereocenters. The van der Waals surface area contributed by atoms with Crippen LogP contribution in [0.4, 0.5) is 0 Å². The van der Waals surface area contributed by atoms with E-state index in [0.29, 0.717) is 12.0 Å². The van der Waals surface area contributed by atoms with Crippen molar-refractivity contribution in [3.63, 3.8) is 0 Å². The Bertz CT molecular complexity index is 729. The molecular formula is C25H32O3. The number of ketones is 1. The standard InChI is InChI=1S/C25H32O3/c1-2-3-4-5-6-9-20-12-16-22(17-13-20)25(28)23-18-14-21(15-19-23)10-7-8-11-24(26)27/h12-19H,2-11H2,1H3,(H,26,27). The summed E-state index contributed by atoms with van der Waals surface area (Å²) >= 11 is 0. The first-order chi connectivity index (χ1) is 13.6. The van der Waals surface area contributed by atoms with Gasteiger partial charge < -0.3 is 5.11 Å². The predicted octanol–water partition coefficient (Wildman–Crippen LogP) is 6.23. The Hall–Kier alpha value is -2.42. The van der Waals surface area contributed by atoms with Crippen LogP contribution < -0.4 is 0 Å². The van der Waals surface area contributed by atoms with Gasteiger partial charge in [0.05, 0.1) is 0 Å². The quantitative estimate of drug-likeness (QED) is 0.331. The third kappa shape index (κ3) is 7.67. The highest BCUT2D eigenvalue weighted by Gasteiger charge is 2.09. The van der Waals surface area contributed by atoms with Crippen LogP contribution in [0.5, 0.6) is 0 Å². The lowest BCUT2D eigenvalue weighted by atomic mass is 9.98. The van der Waals surface area contributed by atoms with Crippen LogP contribution in [0.25, 0.3) is 0 Å². The molecule has 0 heterocycles. The fourth-order valence-corrected chi connectivity index (χ4v) is 3.35. The predicted molar refractivity (Wildman–Crippen MR) is 114 cm³/mol. The van der Waals surface area contributed by atoms with Gasteiger partial charge in [0.25, 0.3) is 0 Å². The summed E-state index contributed by atoms with van der Waals surface area (Å²) in [6.45, 7) is 2.23. The first-order valence-corrected chi connectivity index (χ1v) is 10.5. The first kappa shape index (κ1) is 21.9. The third-order valence-corrected chi connectivity index (χ3v) is 5.11. The minimum absolute atomic E-state index is 0.0481. The molecule has 0 saturated carbocycles. The average Bonchev–Trinajstić information content (AvgIpc) is 2.71. The molecule has 0 bridgehead atoms. The van der Waals surface area contributed by atoms with Gasteiger partial charge >= 0.3 is 5.97 Å². The molecule has 2 rings (SSSR count). The molecule has 2 aromatic carbocycles. The summed E-state index contributed by atoms with van der Waals surface area (Å²) in [6, 6.07) is 15.7. The van der Waals surface area contributed by atoms with Crippen molar-refractivity contribution in [1.82, 2.24) is 0 Å². The highest BCUT2D eigenvalue weighted by Crippen LogP contribution is 2.15. The molecular weight excluding hydrogens is 348 g/mol. The Labute approximate surface area is 168 Å². The van der Waals surface area contributed by atoms with E-state index in [9.17, 15) is 9.59 Å². The molecule has 1 N–H and O–H groups in total. The zero-order valence-electron chi connectivity index (χ0n) is 17.0. The zero-order chi connectivity index (χ0) is 20.2. The number of rotatable bonds is 13. The van der Waals surface area contributed by atoms with Gasteiger partial charge in [-0.05, 0) is 43.2 Å². The van der Waals surface area contributed by atoms with E-state index in [1.165, 1.54) is 37.7 Å². The number of hydrogen-bond acceptors (Lipinski definition) is 2. The van der Waals surface area contributed by atoms with E-state index in [1.807, 2.05) is 36.4 Å². The molecule has 0 radical (unpaired) electrons. The van der Waals surface area contributed by atoms with E-state index < -0.39 is 5.97 Å². The van der Waals surface area contributed by atoms with E-state index in [0.717, 1.165) is 30.4 Å². The number of aliphatic carboxylic acids is 1. The van der Waals surface area contributed by atoms with E-state index in [4.69, 9.17) is 5.11 Å². The molecule has 2 aromatic rings. The van der Waals surface area contributed by atoms with Crippen molar-refractivity contribution in [2.45, 2.75) is 71.1 Å². The normalized spacial score (nSPS) is 10.8. The first-order valence-electron chi connectivity index (χ1n) is 10.5. The fourth-order valence-electron chi connectivity index (χ4n) is 3.35. The molecule has 0 aromatic heterocycles. The minimum atomic E-state index is -0.747. The summed E-state index contributed by atoms with van der Waals surface area (Å²) in [5.41, 5.74) is 3.86. The van der Waals surface area contributed by atoms with Gasteiger partial charge in [-0.3, -0.25) is 9.59 Å². The Balaban J connectivity index is 1.83. The number of hydrogen-bond donors (Lipinski definition) is 1. The topological polar surface area (TPSA) is 54.4 Å². The lowest BCUT2D eigenvalue weighted by Gasteiger charge is -2.06. The van der Waals surface area contributed by atoms with E-state index in [2.05, 4.69) is 19.1 Å². The monoisotopic (exact) mass is 380 g/mol. The van der Waals surface area contributed by atoms with Gasteiger partial charge in [0.2, 0.25) is 0 Å². The summed E-state index contributed by atoms with van der Waals surface area (Å²) in [6.07, 6.45) is 10.0. The average molecular weight is 381 g/mol. The highest BCUT2D eigenvalue weighted by molar-refractivity contribution is 6.08. The molecule has 3 heteroatoms. The number of carbonyl (C=O) groups is 2. The lowest BCUT2D eigenvalue weighted by Crippen LogP contribution is -2.02. The van der Waals surface area contributed by atoms with Crippen LogP contribution in [0.1, 0.15) is 85.3 Å².